The van der Waals surface area contributed by atoms with Crippen molar-refractivity contribution in [2.75, 3.05) is 19.6 Å². The number of hydrogen-bond donors (Lipinski definition) is 1. The minimum Gasteiger partial charge on any atom is -0.465 e. The van der Waals surface area contributed by atoms with Crippen molar-refractivity contribution >= 4 is 17.8 Å². The van der Waals surface area contributed by atoms with Gasteiger partial charge in [-0.05, 0) is 37.2 Å². The zero-order valence-corrected chi connectivity index (χ0v) is 18.0. The highest BCUT2D eigenvalue weighted by Gasteiger charge is 2.41. The number of benzene rings is 1. The van der Waals surface area contributed by atoms with Crippen LogP contribution in [0.15, 0.2) is 35.3 Å². The molecule has 2 rings (SSSR count). The monoisotopic (exact) mass is 401 g/mol. The maximum Gasteiger partial charge on any atom is 0.414 e. The summed E-state index contributed by atoms with van der Waals surface area (Å²) in [6, 6.07) is 9.56. The van der Waals surface area contributed by atoms with Crippen LogP contribution in [0.4, 0.5) is 4.79 Å². The fourth-order valence-corrected chi connectivity index (χ4v) is 3.72. The van der Waals surface area contributed by atoms with Crippen molar-refractivity contribution in [3.8, 4) is 0 Å². The van der Waals surface area contributed by atoms with E-state index in [4.69, 9.17) is 0 Å². The Kier molecular flexibility index (Phi) is 9.16. The van der Waals surface area contributed by atoms with E-state index >= 15 is 0 Å². The number of aliphatic imine (C=N–C) groups is 1. The third-order valence-electron chi connectivity index (χ3n) is 5.18. The Morgan fingerprint density at radius 3 is 2.55 bits per heavy atom. The molecule has 1 aliphatic heterocycles. The molecule has 1 N–H and O–H groups in total. The predicted octanol–water partition coefficient (Wildman–Crippen LogP) is 4.44. The average Bonchev–Trinajstić information content (AvgIpc) is 2.68. The fraction of sp³-hybridized carbons (Fsp3) is 0.609. The van der Waals surface area contributed by atoms with E-state index in [-0.39, 0.29) is 18.2 Å². The standard InChI is InChI=1S/C23H35N3O3/c1-4-5-9-14-24-22-25(15-10-13-19-11-7-6-8-12-19)17-21(27)20(16-18(2)3)26(22)23(28)29/h6-8,11-12,18,20H,4-5,9-10,13-17H2,1-3H3,(H,28,29)/t20-/m0/s1. The second kappa shape index (κ2) is 11.6. The molecule has 0 saturated carbocycles. The third-order valence-corrected chi connectivity index (χ3v) is 5.18. The summed E-state index contributed by atoms with van der Waals surface area (Å²) in [5.74, 6) is 0.650. The molecule has 1 aromatic rings. The van der Waals surface area contributed by atoms with Gasteiger partial charge < -0.3 is 10.0 Å². The van der Waals surface area contributed by atoms with Crippen LogP contribution >= 0.6 is 0 Å². The molecule has 1 heterocycles. The van der Waals surface area contributed by atoms with Crippen molar-refractivity contribution in [2.24, 2.45) is 10.9 Å². The van der Waals surface area contributed by atoms with Gasteiger partial charge in [0, 0.05) is 13.1 Å². The Balaban J connectivity index is 2.17. The molecule has 1 amide bonds. The van der Waals surface area contributed by atoms with Crippen LogP contribution in [0.2, 0.25) is 0 Å². The van der Waals surface area contributed by atoms with E-state index in [1.54, 1.807) is 0 Å². The minimum absolute atomic E-state index is 0.0340. The fourth-order valence-electron chi connectivity index (χ4n) is 3.72. The van der Waals surface area contributed by atoms with Crippen molar-refractivity contribution in [3.05, 3.63) is 35.9 Å². The van der Waals surface area contributed by atoms with Gasteiger partial charge in [-0.25, -0.2) is 9.69 Å². The van der Waals surface area contributed by atoms with Gasteiger partial charge in [-0.1, -0.05) is 63.9 Å². The van der Waals surface area contributed by atoms with Gasteiger partial charge in [0.15, 0.2) is 5.78 Å². The van der Waals surface area contributed by atoms with Crippen molar-refractivity contribution in [1.82, 2.24) is 9.80 Å². The van der Waals surface area contributed by atoms with Gasteiger partial charge in [0.2, 0.25) is 5.96 Å². The van der Waals surface area contributed by atoms with Gasteiger partial charge in [0.25, 0.3) is 0 Å². The summed E-state index contributed by atoms with van der Waals surface area (Å²) in [4.78, 5) is 32.7. The number of amides is 1. The van der Waals surface area contributed by atoms with Crippen molar-refractivity contribution in [3.63, 3.8) is 0 Å². The van der Waals surface area contributed by atoms with Gasteiger partial charge >= 0.3 is 6.09 Å². The van der Waals surface area contributed by atoms with E-state index in [0.717, 1.165) is 32.1 Å². The molecule has 1 atom stereocenters. The molecule has 0 bridgehead atoms. The number of aryl methyl sites for hydroxylation is 1. The molecular formula is C23H35N3O3. The van der Waals surface area contributed by atoms with E-state index in [0.29, 0.717) is 25.5 Å². The summed E-state index contributed by atoms with van der Waals surface area (Å²) in [7, 11) is 0. The molecule has 6 nitrogen and oxygen atoms in total. The topological polar surface area (TPSA) is 73.2 Å². The molecule has 1 saturated heterocycles. The first-order chi connectivity index (χ1) is 13.9. The Bertz CT molecular complexity index is 688. The molecule has 0 spiro atoms. The summed E-state index contributed by atoms with van der Waals surface area (Å²) in [5, 5.41) is 9.90. The maximum absolute atomic E-state index is 12.8. The quantitative estimate of drug-likeness (QED) is 0.588. The smallest absolute Gasteiger partial charge is 0.414 e. The summed E-state index contributed by atoms with van der Waals surface area (Å²) in [5.41, 5.74) is 1.24. The van der Waals surface area contributed by atoms with E-state index in [1.165, 1.54) is 10.5 Å². The van der Waals surface area contributed by atoms with Crippen LogP contribution in [0.5, 0.6) is 0 Å². The van der Waals surface area contributed by atoms with Crippen molar-refractivity contribution in [2.45, 2.75) is 65.3 Å². The lowest BCUT2D eigenvalue weighted by Crippen LogP contribution is -2.62. The van der Waals surface area contributed by atoms with E-state index < -0.39 is 12.1 Å². The van der Waals surface area contributed by atoms with Crippen LogP contribution in [-0.2, 0) is 11.2 Å². The molecule has 1 aromatic carbocycles. The number of hydrogen-bond acceptors (Lipinski definition) is 3. The Hall–Kier alpha value is -2.37. The molecule has 1 aliphatic rings. The third kappa shape index (κ3) is 6.87. The number of ketones is 1. The summed E-state index contributed by atoms with van der Waals surface area (Å²) < 4.78 is 0. The number of carbonyl (C=O) groups is 2. The highest BCUT2D eigenvalue weighted by atomic mass is 16.4. The van der Waals surface area contributed by atoms with Gasteiger partial charge in [-0.3, -0.25) is 9.79 Å². The normalized spacial score (nSPS) is 18.7. The number of nitrogens with zero attached hydrogens (tertiary/aromatic N) is 3. The van der Waals surface area contributed by atoms with Crippen LogP contribution < -0.4 is 0 Å². The first-order valence-electron chi connectivity index (χ1n) is 10.8. The molecule has 160 valence electrons. The van der Waals surface area contributed by atoms with Crippen LogP contribution in [0, 0.1) is 5.92 Å². The molecule has 1 fully saturated rings. The van der Waals surface area contributed by atoms with Crippen LogP contribution in [0.25, 0.3) is 0 Å². The zero-order valence-electron chi connectivity index (χ0n) is 18.0. The van der Waals surface area contributed by atoms with Gasteiger partial charge in [-0.2, -0.15) is 0 Å². The number of unbranched alkanes of at least 4 members (excludes halogenated alkanes) is 2. The van der Waals surface area contributed by atoms with Crippen LogP contribution in [0.1, 0.15) is 58.4 Å². The number of guanidine groups is 1. The zero-order chi connectivity index (χ0) is 21.2. The molecule has 0 aromatic heterocycles. The second-order valence-corrected chi connectivity index (χ2v) is 8.16. The first kappa shape index (κ1) is 22.9. The largest absolute Gasteiger partial charge is 0.465 e. The van der Waals surface area contributed by atoms with Crippen LogP contribution in [-0.4, -0.2) is 58.4 Å². The van der Waals surface area contributed by atoms with E-state index in [2.05, 4.69) is 24.0 Å². The highest BCUT2D eigenvalue weighted by Crippen LogP contribution is 2.21. The number of carbonyl (C=O) groups excluding carboxylic acids is 1. The molecule has 0 radical (unpaired) electrons. The van der Waals surface area contributed by atoms with Gasteiger partial charge in [-0.15, -0.1) is 0 Å². The lowest BCUT2D eigenvalue weighted by atomic mass is 9.97. The second-order valence-electron chi connectivity index (χ2n) is 8.16. The summed E-state index contributed by atoms with van der Waals surface area (Å²) in [6.07, 6.45) is 4.23. The van der Waals surface area contributed by atoms with Crippen molar-refractivity contribution in [1.29, 1.82) is 0 Å². The number of rotatable bonds is 10. The highest BCUT2D eigenvalue weighted by molar-refractivity contribution is 6.04. The molecule has 0 aliphatic carbocycles. The first-order valence-corrected chi connectivity index (χ1v) is 10.8. The number of carboxylic acid groups (broad SMARTS) is 1. The SMILES string of the molecule is CCCCCN=C1N(CCCc2ccccc2)CC(=O)[C@H](CC(C)C)N1C(=O)O. The summed E-state index contributed by atoms with van der Waals surface area (Å²) in [6.45, 7) is 7.60. The summed E-state index contributed by atoms with van der Waals surface area (Å²) >= 11 is 0. The Morgan fingerprint density at radius 1 is 1.21 bits per heavy atom. The lowest BCUT2D eigenvalue weighted by Gasteiger charge is -2.41. The van der Waals surface area contributed by atoms with Crippen LogP contribution in [0.3, 0.4) is 0 Å². The Morgan fingerprint density at radius 2 is 1.93 bits per heavy atom. The minimum atomic E-state index is -1.09. The molecule has 0 unspecified atom stereocenters. The maximum atomic E-state index is 12.8. The number of Topliss-reactive ketones (excluding diaryl/α,β-unsaturated/α-hetero) is 1. The van der Waals surface area contributed by atoms with E-state index in [9.17, 15) is 14.7 Å². The molecule has 29 heavy (non-hydrogen) atoms. The Labute approximate surface area is 174 Å². The van der Waals surface area contributed by atoms with Gasteiger partial charge in [0.1, 0.15) is 6.04 Å². The molecular weight excluding hydrogens is 366 g/mol. The van der Waals surface area contributed by atoms with E-state index in [1.807, 2.05) is 36.9 Å². The van der Waals surface area contributed by atoms with Gasteiger partial charge in [0.05, 0.1) is 6.54 Å². The predicted molar refractivity (Wildman–Crippen MR) is 116 cm³/mol. The van der Waals surface area contributed by atoms with Crippen molar-refractivity contribution < 1.29 is 14.7 Å². The average molecular weight is 402 g/mol. The lowest BCUT2D eigenvalue weighted by molar-refractivity contribution is -0.125. The molecule has 6 heteroatoms.